The third kappa shape index (κ3) is 4.18. The van der Waals surface area contributed by atoms with E-state index in [1.54, 1.807) is 0 Å². The van der Waals surface area contributed by atoms with Crippen molar-refractivity contribution in [2.75, 3.05) is 39.3 Å². The number of benzene rings is 1. The SMILES string of the molecule is Cc1cccc(OCC(O)CN2CCN(C3CC4CCC3C4)CC2)c1. The Hall–Kier alpha value is -1.10. The van der Waals surface area contributed by atoms with Crippen molar-refractivity contribution in [3.8, 4) is 5.75 Å². The summed E-state index contributed by atoms with van der Waals surface area (Å²) >= 11 is 0. The van der Waals surface area contributed by atoms with Crippen LogP contribution in [-0.4, -0.2) is 66.4 Å². The first-order valence-corrected chi connectivity index (χ1v) is 10.0. The molecule has 2 bridgehead atoms. The van der Waals surface area contributed by atoms with Crippen LogP contribution in [0.25, 0.3) is 0 Å². The Bertz CT molecular complexity index is 571. The van der Waals surface area contributed by atoms with E-state index in [4.69, 9.17) is 4.74 Å². The molecule has 1 aromatic rings. The highest BCUT2D eigenvalue weighted by Gasteiger charge is 2.42. The molecule has 3 fully saturated rings. The second-order valence-corrected chi connectivity index (χ2v) is 8.36. The maximum atomic E-state index is 10.3. The number of nitrogens with zero attached hydrogens (tertiary/aromatic N) is 2. The Morgan fingerprint density at radius 2 is 2.00 bits per heavy atom. The Labute approximate surface area is 151 Å². The van der Waals surface area contributed by atoms with Gasteiger partial charge in [-0.3, -0.25) is 9.80 Å². The minimum atomic E-state index is -0.422. The first-order chi connectivity index (χ1) is 12.2. The van der Waals surface area contributed by atoms with E-state index >= 15 is 0 Å². The van der Waals surface area contributed by atoms with Gasteiger partial charge in [0.1, 0.15) is 18.5 Å². The van der Waals surface area contributed by atoms with Gasteiger partial charge in [-0.2, -0.15) is 0 Å². The molecule has 0 spiro atoms. The maximum absolute atomic E-state index is 10.3. The van der Waals surface area contributed by atoms with Crippen molar-refractivity contribution >= 4 is 0 Å². The summed E-state index contributed by atoms with van der Waals surface area (Å²) in [5, 5.41) is 10.3. The fraction of sp³-hybridized carbons (Fsp3) is 0.714. The molecule has 0 amide bonds. The van der Waals surface area contributed by atoms with Crippen LogP contribution in [-0.2, 0) is 0 Å². The highest BCUT2D eigenvalue weighted by Crippen LogP contribution is 2.46. The molecule has 4 atom stereocenters. The quantitative estimate of drug-likeness (QED) is 0.860. The van der Waals surface area contributed by atoms with E-state index in [0.29, 0.717) is 6.61 Å². The predicted octanol–water partition coefficient (Wildman–Crippen LogP) is 2.54. The summed E-state index contributed by atoms with van der Waals surface area (Å²) in [6, 6.07) is 8.87. The zero-order valence-electron chi connectivity index (χ0n) is 15.4. The lowest BCUT2D eigenvalue weighted by molar-refractivity contribution is 0.0282. The van der Waals surface area contributed by atoms with Crippen molar-refractivity contribution in [2.45, 2.75) is 44.8 Å². The van der Waals surface area contributed by atoms with Crippen LogP contribution in [0.1, 0.15) is 31.2 Å². The third-order valence-electron chi connectivity index (χ3n) is 6.48. The molecule has 0 aromatic heterocycles. The highest BCUT2D eigenvalue weighted by atomic mass is 16.5. The summed E-state index contributed by atoms with van der Waals surface area (Å²) in [5.41, 5.74) is 1.18. The van der Waals surface area contributed by atoms with Gasteiger partial charge >= 0.3 is 0 Å². The lowest BCUT2D eigenvalue weighted by atomic mass is 9.93. The average Bonchev–Trinajstić information content (AvgIpc) is 3.24. The molecule has 2 aliphatic carbocycles. The van der Waals surface area contributed by atoms with Crippen molar-refractivity contribution in [1.82, 2.24) is 9.80 Å². The van der Waals surface area contributed by atoms with E-state index in [0.717, 1.165) is 43.3 Å². The molecule has 4 heteroatoms. The Morgan fingerprint density at radius 1 is 1.16 bits per heavy atom. The molecule has 3 aliphatic rings. The Kier molecular flexibility index (Phi) is 5.30. The van der Waals surface area contributed by atoms with Gasteiger partial charge in [-0.15, -0.1) is 0 Å². The van der Waals surface area contributed by atoms with Gasteiger partial charge in [0.25, 0.3) is 0 Å². The van der Waals surface area contributed by atoms with E-state index in [-0.39, 0.29) is 0 Å². The molecule has 1 aromatic carbocycles. The number of piperazine rings is 1. The van der Waals surface area contributed by atoms with Crippen LogP contribution in [0.15, 0.2) is 24.3 Å². The molecular weight excluding hydrogens is 312 g/mol. The smallest absolute Gasteiger partial charge is 0.119 e. The van der Waals surface area contributed by atoms with Crippen LogP contribution < -0.4 is 4.74 Å². The third-order valence-corrected chi connectivity index (χ3v) is 6.48. The number of aliphatic hydroxyl groups is 1. The van der Waals surface area contributed by atoms with Gasteiger partial charge in [0, 0.05) is 38.8 Å². The number of ether oxygens (including phenoxy) is 1. The van der Waals surface area contributed by atoms with E-state index in [2.05, 4.69) is 22.8 Å². The van der Waals surface area contributed by atoms with Crippen molar-refractivity contribution in [1.29, 1.82) is 0 Å². The van der Waals surface area contributed by atoms with E-state index in [9.17, 15) is 5.11 Å². The molecular formula is C21H32N2O2. The topological polar surface area (TPSA) is 35.9 Å². The molecule has 1 saturated heterocycles. The van der Waals surface area contributed by atoms with Crippen molar-refractivity contribution in [3.63, 3.8) is 0 Å². The fourth-order valence-electron chi connectivity index (χ4n) is 5.18. The Balaban J connectivity index is 1.18. The van der Waals surface area contributed by atoms with Gasteiger partial charge in [0.15, 0.2) is 0 Å². The van der Waals surface area contributed by atoms with Crippen LogP contribution in [0.2, 0.25) is 0 Å². The largest absolute Gasteiger partial charge is 0.491 e. The Morgan fingerprint density at radius 3 is 2.68 bits per heavy atom. The number of β-amino-alcohol motifs (C(OH)–C–C–N with tert-alkyl or cyclic N) is 1. The van der Waals surface area contributed by atoms with Crippen molar-refractivity contribution < 1.29 is 9.84 Å². The van der Waals surface area contributed by atoms with Gasteiger partial charge in [-0.1, -0.05) is 18.6 Å². The lowest BCUT2D eigenvalue weighted by Gasteiger charge is -2.41. The number of aliphatic hydroxyl groups excluding tert-OH is 1. The van der Waals surface area contributed by atoms with Gasteiger partial charge < -0.3 is 9.84 Å². The zero-order chi connectivity index (χ0) is 17.2. The second kappa shape index (κ2) is 7.65. The molecule has 2 saturated carbocycles. The molecule has 4 rings (SSSR count). The summed E-state index contributed by atoms with van der Waals surface area (Å²) in [6.45, 7) is 7.63. The maximum Gasteiger partial charge on any atom is 0.119 e. The van der Waals surface area contributed by atoms with Gasteiger partial charge in [-0.05, 0) is 55.7 Å². The van der Waals surface area contributed by atoms with Crippen LogP contribution in [0.4, 0.5) is 0 Å². The summed E-state index contributed by atoms with van der Waals surface area (Å²) in [4.78, 5) is 5.13. The summed E-state index contributed by atoms with van der Waals surface area (Å²) in [5.74, 6) is 2.85. The van der Waals surface area contributed by atoms with Crippen molar-refractivity contribution in [2.24, 2.45) is 11.8 Å². The van der Waals surface area contributed by atoms with E-state index in [1.807, 2.05) is 18.2 Å². The lowest BCUT2D eigenvalue weighted by Crippen LogP contribution is -2.53. The molecule has 1 aliphatic heterocycles. The van der Waals surface area contributed by atoms with Crippen LogP contribution in [0.3, 0.4) is 0 Å². The highest BCUT2D eigenvalue weighted by molar-refractivity contribution is 5.27. The first-order valence-electron chi connectivity index (χ1n) is 10.0. The molecule has 0 radical (unpaired) electrons. The monoisotopic (exact) mass is 344 g/mol. The molecule has 1 N–H and O–H groups in total. The van der Waals surface area contributed by atoms with Gasteiger partial charge in [0.2, 0.25) is 0 Å². The van der Waals surface area contributed by atoms with E-state index in [1.165, 1.54) is 44.3 Å². The van der Waals surface area contributed by atoms with Crippen LogP contribution in [0.5, 0.6) is 5.75 Å². The zero-order valence-corrected chi connectivity index (χ0v) is 15.4. The average molecular weight is 344 g/mol. The number of rotatable bonds is 6. The second-order valence-electron chi connectivity index (χ2n) is 8.36. The number of fused-ring (bicyclic) bond motifs is 2. The normalized spacial score (nSPS) is 31.4. The molecule has 4 unspecified atom stereocenters. The number of hydrogen-bond acceptors (Lipinski definition) is 4. The summed E-state index contributed by atoms with van der Waals surface area (Å²) in [6.07, 6.45) is 5.45. The minimum absolute atomic E-state index is 0.371. The standard InChI is InChI=1S/C21H32N2O2/c1-16-3-2-4-20(11-16)25-15-19(24)14-22-7-9-23(10-8-22)21-13-17-5-6-18(21)12-17/h2-4,11,17-19,21,24H,5-10,12-15H2,1H3. The van der Waals surface area contributed by atoms with Crippen LogP contribution in [0, 0.1) is 18.8 Å². The number of aryl methyl sites for hydroxylation is 1. The molecule has 25 heavy (non-hydrogen) atoms. The molecule has 138 valence electrons. The molecule has 4 nitrogen and oxygen atoms in total. The van der Waals surface area contributed by atoms with E-state index < -0.39 is 6.10 Å². The van der Waals surface area contributed by atoms with Crippen molar-refractivity contribution in [3.05, 3.63) is 29.8 Å². The first kappa shape index (κ1) is 17.3. The fourth-order valence-corrected chi connectivity index (χ4v) is 5.18. The van der Waals surface area contributed by atoms with Gasteiger partial charge in [0.05, 0.1) is 0 Å². The van der Waals surface area contributed by atoms with Crippen LogP contribution >= 0.6 is 0 Å². The minimum Gasteiger partial charge on any atom is -0.491 e. The summed E-state index contributed by atoms with van der Waals surface area (Å²) in [7, 11) is 0. The number of hydrogen-bond donors (Lipinski definition) is 1. The van der Waals surface area contributed by atoms with Gasteiger partial charge in [-0.25, -0.2) is 0 Å². The predicted molar refractivity (Wildman–Crippen MR) is 99.9 cm³/mol. The summed E-state index contributed by atoms with van der Waals surface area (Å²) < 4.78 is 5.74. The molecule has 1 heterocycles.